The Morgan fingerprint density at radius 3 is 2.75 bits per heavy atom. The van der Waals surface area contributed by atoms with Crippen LogP contribution in [0.15, 0.2) is 4.99 Å². The molecule has 0 aromatic carbocycles. The molecule has 0 aromatic rings. The molecule has 0 saturated carbocycles. The highest BCUT2D eigenvalue weighted by Crippen LogP contribution is 2.29. The van der Waals surface area contributed by atoms with E-state index in [2.05, 4.69) is 36.0 Å². The number of fused-ring (bicyclic) bond motifs is 1. The van der Waals surface area contributed by atoms with E-state index in [1.54, 1.807) is 0 Å². The molecule has 2 aliphatic heterocycles. The number of hydrogen-bond acceptors (Lipinski definition) is 2. The molecule has 3 N–H and O–H groups in total. The smallest absolute Gasteiger partial charge is 0.189 e. The number of rotatable bonds is 1. The minimum absolute atomic E-state index is 0.00154. The first-order valence-electron chi connectivity index (χ1n) is 6.31. The molecular formula is C12H24N4. The second-order valence-corrected chi connectivity index (χ2v) is 5.99. The Balaban J connectivity index is 1.95. The highest BCUT2D eigenvalue weighted by Gasteiger charge is 2.37. The number of nitrogens with two attached hydrogens (primary N) is 1. The maximum atomic E-state index is 5.94. The molecule has 92 valence electrons. The van der Waals surface area contributed by atoms with E-state index >= 15 is 0 Å². The van der Waals surface area contributed by atoms with Crippen molar-refractivity contribution in [3.05, 3.63) is 0 Å². The lowest BCUT2D eigenvalue weighted by Gasteiger charge is -2.23. The molecule has 0 aromatic heterocycles. The van der Waals surface area contributed by atoms with Crippen LogP contribution in [0.2, 0.25) is 0 Å². The van der Waals surface area contributed by atoms with Crippen LogP contribution in [0.1, 0.15) is 40.0 Å². The summed E-state index contributed by atoms with van der Waals surface area (Å²) in [5.41, 5.74) is 5.94. The molecule has 2 atom stereocenters. The third-order valence-electron chi connectivity index (χ3n) is 3.38. The van der Waals surface area contributed by atoms with Crippen LogP contribution in [0.25, 0.3) is 0 Å². The Morgan fingerprint density at radius 2 is 2.06 bits per heavy atom. The summed E-state index contributed by atoms with van der Waals surface area (Å²) in [5.74, 6) is 0.603. The summed E-state index contributed by atoms with van der Waals surface area (Å²) < 4.78 is 0. The van der Waals surface area contributed by atoms with Crippen molar-refractivity contribution in [3.63, 3.8) is 0 Å². The highest BCUT2D eigenvalue weighted by molar-refractivity contribution is 5.78. The molecule has 0 bridgehead atoms. The van der Waals surface area contributed by atoms with Gasteiger partial charge in [0.15, 0.2) is 5.96 Å². The molecule has 0 aliphatic carbocycles. The fourth-order valence-corrected chi connectivity index (χ4v) is 2.80. The van der Waals surface area contributed by atoms with Gasteiger partial charge in [-0.1, -0.05) is 0 Å². The lowest BCUT2D eigenvalue weighted by Crippen LogP contribution is -2.46. The lowest BCUT2D eigenvalue weighted by atomic mass is 10.1. The van der Waals surface area contributed by atoms with E-state index in [-0.39, 0.29) is 5.54 Å². The quantitative estimate of drug-likeness (QED) is 0.514. The van der Waals surface area contributed by atoms with Gasteiger partial charge in [0, 0.05) is 18.1 Å². The first kappa shape index (κ1) is 11.7. The third-order valence-corrected chi connectivity index (χ3v) is 3.38. The normalized spacial score (nSPS) is 31.8. The molecule has 2 fully saturated rings. The number of aliphatic imine (C=N–C) groups is 1. The van der Waals surface area contributed by atoms with Crippen LogP contribution in [0.4, 0.5) is 0 Å². The SMILES string of the molecule is CC(C)(C)NC(N)=NC1CCN2CCCC12. The van der Waals surface area contributed by atoms with Crippen LogP contribution in [0.5, 0.6) is 0 Å². The molecule has 2 aliphatic rings. The lowest BCUT2D eigenvalue weighted by molar-refractivity contribution is 0.314. The fourth-order valence-electron chi connectivity index (χ4n) is 2.80. The molecule has 2 rings (SSSR count). The number of hydrogen-bond donors (Lipinski definition) is 2. The zero-order valence-electron chi connectivity index (χ0n) is 10.7. The van der Waals surface area contributed by atoms with Gasteiger partial charge < -0.3 is 11.1 Å². The molecule has 0 spiro atoms. The molecule has 16 heavy (non-hydrogen) atoms. The topological polar surface area (TPSA) is 53.6 Å². The van der Waals surface area contributed by atoms with Crippen LogP contribution in [0, 0.1) is 0 Å². The summed E-state index contributed by atoms with van der Waals surface area (Å²) in [6.45, 7) is 8.76. The van der Waals surface area contributed by atoms with Gasteiger partial charge in [-0.05, 0) is 46.6 Å². The van der Waals surface area contributed by atoms with Crippen LogP contribution in [-0.4, -0.2) is 41.6 Å². The van der Waals surface area contributed by atoms with Crippen LogP contribution in [-0.2, 0) is 0 Å². The summed E-state index contributed by atoms with van der Waals surface area (Å²) in [4.78, 5) is 7.20. The Morgan fingerprint density at radius 1 is 1.31 bits per heavy atom. The van der Waals surface area contributed by atoms with Crippen molar-refractivity contribution in [2.75, 3.05) is 13.1 Å². The van der Waals surface area contributed by atoms with Crippen molar-refractivity contribution in [2.45, 2.75) is 57.7 Å². The summed E-state index contributed by atoms with van der Waals surface area (Å²) in [7, 11) is 0. The van der Waals surface area contributed by atoms with Gasteiger partial charge in [-0.3, -0.25) is 4.90 Å². The number of nitrogens with one attached hydrogen (secondary N) is 1. The highest BCUT2D eigenvalue weighted by atomic mass is 15.2. The van der Waals surface area contributed by atoms with Gasteiger partial charge in [0.25, 0.3) is 0 Å². The van der Waals surface area contributed by atoms with Gasteiger partial charge >= 0.3 is 0 Å². The summed E-state index contributed by atoms with van der Waals surface area (Å²) >= 11 is 0. The van der Waals surface area contributed by atoms with E-state index in [4.69, 9.17) is 5.73 Å². The van der Waals surface area contributed by atoms with E-state index in [0.717, 1.165) is 6.42 Å². The Labute approximate surface area is 98.3 Å². The second-order valence-electron chi connectivity index (χ2n) is 5.99. The molecular weight excluding hydrogens is 200 g/mol. The van der Waals surface area contributed by atoms with Crippen LogP contribution < -0.4 is 11.1 Å². The molecule has 0 radical (unpaired) electrons. The average molecular weight is 224 g/mol. The monoisotopic (exact) mass is 224 g/mol. The Kier molecular flexibility index (Phi) is 3.10. The average Bonchev–Trinajstić information content (AvgIpc) is 2.66. The van der Waals surface area contributed by atoms with Gasteiger partial charge in [0.05, 0.1) is 6.04 Å². The third kappa shape index (κ3) is 2.67. The van der Waals surface area contributed by atoms with Crippen molar-refractivity contribution in [1.29, 1.82) is 0 Å². The maximum absolute atomic E-state index is 5.94. The number of guanidine groups is 1. The molecule has 4 heteroatoms. The predicted octanol–water partition coefficient (Wildman–Crippen LogP) is 0.926. The van der Waals surface area contributed by atoms with E-state index in [9.17, 15) is 0 Å². The second kappa shape index (κ2) is 4.24. The van der Waals surface area contributed by atoms with Crippen molar-refractivity contribution >= 4 is 5.96 Å². The summed E-state index contributed by atoms with van der Waals surface area (Å²) in [6, 6.07) is 1.07. The van der Waals surface area contributed by atoms with Gasteiger partial charge in [-0.15, -0.1) is 0 Å². The summed E-state index contributed by atoms with van der Waals surface area (Å²) in [6.07, 6.45) is 3.78. The summed E-state index contributed by atoms with van der Waals surface area (Å²) in [5, 5.41) is 3.24. The largest absolute Gasteiger partial charge is 0.370 e. The van der Waals surface area contributed by atoms with Gasteiger partial charge in [0.1, 0.15) is 0 Å². The molecule has 0 amide bonds. The van der Waals surface area contributed by atoms with Crippen LogP contribution >= 0.6 is 0 Å². The van der Waals surface area contributed by atoms with Crippen LogP contribution in [0.3, 0.4) is 0 Å². The van der Waals surface area contributed by atoms with Crippen molar-refractivity contribution in [2.24, 2.45) is 10.7 Å². The molecule has 2 heterocycles. The van der Waals surface area contributed by atoms with Gasteiger partial charge in [-0.25, -0.2) is 4.99 Å². The van der Waals surface area contributed by atoms with Crippen molar-refractivity contribution in [3.8, 4) is 0 Å². The minimum Gasteiger partial charge on any atom is -0.370 e. The van der Waals surface area contributed by atoms with Crippen molar-refractivity contribution in [1.82, 2.24) is 10.2 Å². The van der Waals surface area contributed by atoms with E-state index in [1.165, 1.54) is 25.9 Å². The van der Waals surface area contributed by atoms with E-state index in [0.29, 0.717) is 18.0 Å². The first-order valence-corrected chi connectivity index (χ1v) is 6.31. The fraction of sp³-hybridized carbons (Fsp3) is 0.917. The Bertz CT molecular complexity index is 279. The van der Waals surface area contributed by atoms with Gasteiger partial charge in [-0.2, -0.15) is 0 Å². The zero-order valence-corrected chi connectivity index (χ0v) is 10.7. The molecule has 4 nitrogen and oxygen atoms in total. The molecule has 2 saturated heterocycles. The maximum Gasteiger partial charge on any atom is 0.189 e. The first-order chi connectivity index (χ1) is 7.46. The van der Waals surface area contributed by atoms with Crippen molar-refractivity contribution < 1.29 is 0 Å². The van der Waals surface area contributed by atoms with Gasteiger partial charge in [0.2, 0.25) is 0 Å². The Hall–Kier alpha value is -0.770. The zero-order chi connectivity index (χ0) is 11.8. The standard InChI is InChI=1S/C12H24N4/c1-12(2,3)15-11(13)14-9-6-8-16-7-4-5-10(9)16/h9-10H,4-8H2,1-3H3,(H3,13,14,15). The number of nitrogens with zero attached hydrogens (tertiary/aromatic N) is 2. The predicted molar refractivity (Wildman–Crippen MR) is 67.5 cm³/mol. The minimum atomic E-state index is 0.00154. The molecule has 2 unspecified atom stereocenters. The van der Waals surface area contributed by atoms with E-state index < -0.39 is 0 Å². The van der Waals surface area contributed by atoms with E-state index in [1.807, 2.05) is 0 Å².